The van der Waals surface area contributed by atoms with E-state index in [1.807, 2.05) is 54.6 Å². The lowest BCUT2D eigenvalue weighted by Gasteiger charge is -2.32. The van der Waals surface area contributed by atoms with Gasteiger partial charge in [0, 0.05) is 12.2 Å². The van der Waals surface area contributed by atoms with Gasteiger partial charge in [0.2, 0.25) is 5.91 Å². The summed E-state index contributed by atoms with van der Waals surface area (Å²) in [6, 6.07) is 29.3. The number of ether oxygens (including phenoxy) is 1. The minimum Gasteiger partial charge on any atom is -0.497 e. The molecule has 1 unspecified atom stereocenters. The molecule has 0 radical (unpaired) electrons. The molecule has 0 aliphatic carbocycles. The number of methoxy groups -OCH3 is 1. The number of benzene rings is 4. The Kier molecular flexibility index (Phi) is 9.10. The van der Waals surface area contributed by atoms with Gasteiger partial charge in [0.15, 0.2) is 0 Å². The molecule has 0 aromatic heterocycles. The van der Waals surface area contributed by atoms with Gasteiger partial charge in [0.1, 0.15) is 17.6 Å². The lowest BCUT2D eigenvalue weighted by Crippen LogP contribution is -2.41. The third-order valence-electron chi connectivity index (χ3n) is 6.62. The Morgan fingerprint density at radius 2 is 1.41 bits per heavy atom. The molecule has 6 heteroatoms. The molecule has 0 spiro atoms. The fourth-order valence-corrected chi connectivity index (χ4v) is 4.40. The molecule has 0 saturated carbocycles. The third-order valence-corrected chi connectivity index (χ3v) is 6.62. The van der Waals surface area contributed by atoms with Crippen molar-refractivity contribution in [1.29, 1.82) is 0 Å². The Morgan fingerprint density at radius 3 is 2.00 bits per heavy atom. The van der Waals surface area contributed by atoms with Crippen LogP contribution in [0, 0.1) is 5.82 Å². The van der Waals surface area contributed by atoms with Crippen molar-refractivity contribution in [3.05, 3.63) is 131 Å². The maximum atomic E-state index is 13.9. The van der Waals surface area contributed by atoms with Crippen molar-refractivity contribution < 1.29 is 18.7 Å². The van der Waals surface area contributed by atoms with Gasteiger partial charge in [-0.15, -0.1) is 0 Å². The number of halogens is 1. The summed E-state index contributed by atoms with van der Waals surface area (Å²) in [5, 5.41) is 2.97. The van der Waals surface area contributed by atoms with Crippen LogP contribution in [0.25, 0.3) is 0 Å². The summed E-state index contributed by atoms with van der Waals surface area (Å²) >= 11 is 0. The number of hydrogen-bond donors (Lipinski definition) is 1. The number of carbonyl (C=O) groups is 2. The summed E-state index contributed by atoms with van der Waals surface area (Å²) in [6.07, 6.45) is 0.123. The van der Waals surface area contributed by atoms with Gasteiger partial charge < -0.3 is 15.0 Å². The van der Waals surface area contributed by atoms with Crippen LogP contribution in [-0.2, 0) is 22.6 Å². The topological polar surface area (TPSA) is 58.6 Å². The summed E-state index contributed by atoms with van der Waals surface area (Å²) < 4.78 is 18.9. The number of rotatable bonds is 10. The number of anilines is 1. The zero-order valence-corrected chi connectivity index (χ0v) is 22.4. The molecule has 4 aromatic rings. The smallest absolute Gasteiger partial charge is 0.251 e. The van der Waals surface area contributed by atoms with E-state index in [1.165, 1.54) is 12.1 Å². The molecule has 0 heterocycles. The van der Waals surface area contributed by atoms with Crippen molar-refractivity contribution >= 4 is 17.5 Å². The molecule has 5 nitrogen and oxygen atoms in total. The Labute approximate surface area is 229 Å². The van der Waals surface area contributed by atoms with Crippen molar-refractivity contribution in [1.82, 2.24) is 4.90 Å². The minimum absolute atomic E-state index is 0.123. The Balaban J connectivity index is 1.74. The average molecular weight is 525 g/mol. The maximum absolute atomic E-state index is 13.9. The van der Waals surface area contributed by atoms with Crippen LogP contribution in [0.2, 0.25) is 0 Å². The molecule has 0 fully saturated rings. The highest BCUT2D eigenvalue weighted by Gasteiger charge is 2.32. The molecular formula is C33H33FN2O3. The normalized spacial score (nSPS) is 11.6. The van der Waals surface area contributed by atoms with Crippen LogP contribution in [0.3, 0.4) is 0 Å². The second-order valence-corrected chi connectivity index (χ2v) is 9.75. The molecular weight excluding hydrogens is 491 g/mol. The summed E-state index contributed by atoms with van der Waals surface area (Å²) in [5.41, 5.74) is 3.97. The summed E-state index contributed by atoms with van der Waals surface area (Å²) in [7, 11) is 1.58. The first-order chi connectivity index (χ1) is 18.8. The van der Waals surface area contributed by atoms with Crippen LogP contribution in [0.1, 0.15) is 48.1 Å². The van der Waals surface area contributed by atoms with E-state index in [9.17, 15) is 14.0 Å². The second kappa shape index (κ2) is 12.9. The van der Waals surface area contributed by atoms with E-state index >= 15 is 0 Å². The van der Waals surface area contributed by atoms with E-state index in [0.29, 0.717) is 22.9 Å². The molecule has 4 rings (SSSR count). The fraction of sp³-hybridized carbons (Fsp3) is 0.212. The van der Waals surface area contributed by atoms with E-state index in [2.05, 4.69) is 19.2 Å². The first-order valence-corrected chi connectivity index (χ1v) is 13.0. The van der Waals surface area contributed by atoms with Gasteiger partial charge in [-0.1, -0.05) is 80.6 Å². The van der Waals surface area contributed by atoms with E-state index < -0.39 is 6.04 Å². The highest BCUT2D eigenvalue weighted by atomic mass is 19.1. The van der Waals surface area contributed by atoms with Gasteiger partial charge in [-0.05, 0) is 64.6 Å². The van der Waals surface area contributed by atoms with Crippen molar-refractivity contribution in [3.63, 3.8) is 0 Å². The van der Waals surface area contributed by atoms with Crippen molar-refractivity contribution in [2.75, 3.05) is 12.4 Å². The van der Waals surface area contributed by atoms with Crippen molar-refractivity contribution in [3.8, 4) is 5.75 Å². The lowest BCUT2D eigenvalue weighted by atomic mass is 9.97. The van der Waals surface area contributed by atoms with Crippen LogP contribution in [-0.4, -0.2) is 23.8 Å². The quantitative estimate of drug-likeness (QED) is 0.245. The zero-order valence-electron chi connectivity index (χ0n) is 22.4. The molecule has 4 aromatic carbocycles. The predicted molar refractivity (Wildman–Crippen MR) is 152 cm³/mol. The highest BCUT2D eigenvalue weighted by molar-refractivity contribution is 5.98. The molecule has 0 saturated heterocycles. The maximum Gasteiger partial charge on any atom is 0.251 e. The van der Waals surface area contributed by atoms with Gasteiger partial charge in [0.25, 0.3) is 5.91 Å². The van der Waals surface area contributed by atoms with Crippen LogP contribution in [0.15, 0.2) is 103 Å². The predicted octanol–water partition coefficient (Wildman–Crippen LogP) is 6.91. The van der Waals surface area contributed by atoms with Crippen LogP contribution >= 0.6 is 0 Å². The number of hydrogen-bond acceptors (Lipinski definition) is 3. The first-order valence-electron chi connectivity index (χ1n) is 13.0. The van der Waals surface area contributed by atoms with E-state index in [1.54, 1.807) is 48.4 Å². The summed E-state index contributed by atoms with van der Waals surface area (Å²) in [5.74, 6) is 0.0683. The molecule has 0 aliphatic rings. The molecule has 1 atom stereocenters. The summed E-state index contributed by atoms with van der Waals surface area (Å²) in [4.78, 5) is 29.4. The molecule has 200 valence electrons. The Hall–Kier alpha value is -4.45. The number of nitrogens with one attached hydrogen (secondary N) is 1. The van der Waals surface area contributed by atoms with E-state index in [4.69, 9.17) is 4.74 Å². The monoisotopic (exact) mass is 524 g/mol. The van der Waals surface area contributed by atoms with Crippen LogP contribution < -0.4 is 10.1 Å². The van der Waals surface area contributed by atoms with E-state index in [-0.39, 0.29) is 30.6 Å². The summed E-state index contributed by atoms with van der Waals surface area (Å²) in [6.45, 7) is 4.35. The van der Waals surface area contributed by atoms with E-state index in [0.717, 1.165) is 16.7 Å². The van der Waals surface area contributed by atoms with Gasteiger partial charge in [0.05, 0.1) is 13.5 Å². The molecule has 39 heavy (non-hydrogen) atoms. The van der Waals surface area contributed by atoms with Gasteiger partial charge in [-0.3, -0.25) is 9.59 Å². The standard InChI is InChI=1S/C33H33FN2O3/c1-23(2)26-11-13-27(14-12-26)32(33(38)35-29-17-19-30(39-3)20-18-29)36(22-25-9-15-28(34)16-10-25)31(37)21-24-7-5-4-6-8-24/h4-20,23,32H,21-22H2,1-3H3,(H,35,38). The SMILES string of the molecule is COc1ccc(NC(=O)C(c2ccc(C(C)C)cc2)N(Cc2ccc(F)cc2)C(=O)Cc2ccccc2)cc1. The van der Waals surface area contributed by atoms with Gasteiger partial charge >= 0.3 is 0 Å². The molecule has 1 N–H and O–H groups in total. The lowest BCUT2D eigenvalue weighted by molar-refractivity contribution is -0.139. The molecule has 0 bridgehead atoms. The Morgan fingerprint density at radius 1 is 0.795 bits per heavy atom. The number of carbonyl (C=O) groups excluding carboxylic acids is 2. The van der Waals surface area contributed by atoms with Gasteiger partial charge in [-0.2, -0.15) is 0 Å². The molecule has 0 aliphatic heterocycles. The number of nitrogens with zero attached hydrogens (tertiary/aromatic N) is 1. The largest absolute Gasteiger partial charge is 0.497 e. The van der Waals surface area contributed by atoms with Crippen molar-refractivity contribution in [2.45, 2.75) is 38.8 Å². The van der Waals surface area contributed by atoms with Crippen LogP contribution in [0.5, 0.6) is 5.75 Å². The van der Waals surface area contributed by atoms with Gasteiger partial charge in [-0.25, -0.2) is 4.39 Å². The molecule has 2 amide bonds. The fourth-order valence-electron chi connectivity index (χ4n) is 4.40. The average Bonchev–Trinajstić information content (AvgIpc) is 2.95. The Bertz CT molecular complexity index is 1370. The van der Waals surface area contributed by atoms with Crippen molar-refractivity contribution in [2.24, 2.45) is 0 Å². The van der Waals surface area contributed by atoms with Crippen LogP contribution in [0.4, 0.5) is 10.1 Å². The third kappa shape index (κ3) is 7.32. The zero-order chi connectivity index (χ0) is 27.8. The minimum atomic E-state index is -0.922. The second-order valence-electron chi connectivity index (χ2n) is 9.75. The highest BCUT2D eigenvalue weighted by Crippen LogP contribution is 2.28. The number of amides is 2. The first kappa shape index (κ1) is 27.6.